The Morgan fingerprint density at radius 3 is 0.966 bits per heavy atom. The van der Waals surface area contributed by atoms with E-state index in [0.717, 1.165) is 77.0 Å². The van der Waals surface area contributed by atoms with E-state index in [1.165, 1.54) is 161 Å². The lowest BCUT2D eigenvalue weighted by molar-refractivity contribution is -0.167. The van der Waals surface area contributed by atoms with Crippen LogP contribution in [0, 0.1) is 0 Å². The molecule has 0 rings (SSSR count). The highest BCUT2D eigenvalue weighted by Gasteiger charge is 2.19. The van der Waals surface area contributed by atoms with Crippen LogP contribution >= 0.6 is 0 Å². The Morgan fingerprint density at radius 1 is 0.339 bits per heavy atom. The van der Waals surface area contributed by atoms with E-state index >= 15 is 0 Å². The second-order valence-electron chi connectivity index (χ2n) is 17.4. The van der Waals surface area contributed by atoms with Gasteiger partial charge in [0.25, 0.3) is 0 Å². The zero-order valence-electron chi connectivity index (χ0n) is 39.5. The van der Waals surface area contributed by atoms with Crippen molar-refractivity contribution in [1.82, 2.24) is 0 Å². The minimum Gasteiger partial charge on any atom is -0.462 e. The number of hydrogen-bond acceptors (Lipinski definition) is 6. The zero-order valence-corrected chi connectivity index (χ0v) is 39.5. The Bertz CT molecular complexity index is 958. The van der Waals surface area contributed by atoms with E-state index < -0.39 is 6.10 Å². The maximum Gasteiger partial charge on any atom is 0.306 e. The van der Waals surface area contributed by atoms with E-state index in [1.807, 2.05) is 0 Å². The number of allylic oxidation sites excluding steroid dienone is 4. The standard InChI is InChI=1S/C53H98O6/c1-4-7-10-13-16-19-22-24-26-28-31-34-37-40-43-46-52(55)58-49-50(48-57-51(54)45-42-39-36-33-30-21-18-15-12-9-6-3)59-53(56)47-44-41-38-35-32-29-27-25-23-20-17-14-11-8-5-2/h16,19,24,26,50H,4-15,17-18,20-23,25,27-49H2,1-3H3/b19-16-,26-24-/t50-/m0/s1. The van der Waals surface area contributed by atoms with Crippen LogP contribution in [0.3, 0.4) is 0 Å². The number of unbranched alkanes of at least 4 members (excludes halogenated alkanes) is 32. The lowest BCUT2D eigenvalue weighted by Crippen LogP contribution is -2.30. The van der Waals surface area contributed by atoms with Crippen LogP contribution in [0.1, 0.15) is 278 Å². The van der Waals surface area contributed by atoms with E-state index in [-0.39, 0.29) is 31.1 Å². The molecule has 0 unspecified atom stereocenters. The predicted octanol–water partition coefficient (Wildman–Crippen LogP) is 16.8. The zero-order chi connectivity index (χ0) is 43.0. The van der Waals surface area contributed by atoms with Gasteiger partial charge in [0, 0.05) is 19.3 Å². The maximum absolute atomic E-state index is 12.8. The van der Waals surface area contributed by atoms with Gasteiger partial charge in [-0.15, -0.1) is 0 Å². The van der Waals surface area contributed by atoms with Crippen molar-refractivity contribution in [2.24, 2.45) is 0 Å². The van der Waals surface area contributed by atoms with Crippen LogP contribution < -0.4 is 0 Å². The average Bonchev–Trinajstić information content (AvgIpc) is 3.23. The van der Waals surface area contributed by atoms with Crippen LogP contribution in [0.5, 0.6) is 0 Å². The van der Waals surface area contributed by atoms with Crippen LogP contribution in [-0.4, -0.2) is 37.2 Å². The Labute approximate surface area is 366 Å². The Kier molecular flexibility index (Phi) is 46.8. The summed E-state index contributed by atoms with van der Waals surface area (Å²) in [7, 11) is 0. The summed E-state index contributed by atoms with van der Waals surface area (Å²) in [5.74, 6) is -0.872. The molecule has 59 heavy (non-hydrogen) atoms. The molecule has 0 heterocycles. The van der Waals surface area contributed by atoms with Crippen molar-refractivity contribution < 1.29 is 28.6 Å². The fraction of sp³-hybridized carbons (Fsp3) is 0.868. The van der Waals surface area contributed by atoms with Crippen LogP contribution in [0.15, 0.2) is 24.3 Å². The van der Waals surface area contributed by atoms with Crippen molar-refractivity contribution in [3.8, 4) is 0 Å². The van der Waals surface area contributed by atoms with E-state index in [2.05, 4.69) is 45.1 Å². The molecule has 1 atom stereocenters. The van der Waals surface area contributed by atoms with E-state index in [0.29, 0.717) is 19.3 Å². The largest absolute Gasteiger partial charge is 0.462 e. The van der Waals surface area contributed by atoms with Crippen molar-refractivity contribution in [2.75, 3.05) is 13.2 Å². The molecular formula is C53H98O6. The van der Waals surface area contributed by atoms with Crippen LogP contribution in [0.25, 0.3) is 0 Å². The molecule has 6 nitrogen and oxygen atoms in total. The Hall–Kier alpha value is -2.11. The summed E-state index contributed by atoms with van der Waals surface area (Å²) in [4.78, 5) is 37.9. The molecule has 0 aromatic carbocycles. The smallest absolute Gasteiger partial charge is 0.306 e. The third-order valence-corrected chi connectivity index (χ3v) is 11.5. The molecule has 0 N–H and O–H groups in total. The second kappa shape index (κ2) is 48.6. The van der Waals surface area contributed by atoms with Crippen LogP contribution in [-0.2, 0) is 28.6 Å². The van der Waals surface area contributed by atoms with Gasteiger partial charge in [-0.3, -0.25) is 14.4 Å². The lowest BCUT2D eigenvalue weighted by atomic mass is 10.0. The fourth-order valence-electron chi connectivity index (χ4n) is 7.53. The highest BCUT2D eigenvalue weighted by Crippen LogP contribution is 2.16. The molecular weight excluding hydrogens is 733 g/mol. The van der Waals surface area contributed by atoms with Crippen molar-refractivity contribution in [3.05, 3.63) is 24.3 Å². The summed E-state index contributed by atoms with van der Waals surface area (Å²) in [6, 6.07) is 0. The lowest BCUT2D eigenvalue weighted by Gasteiger charge is -2.18. The number of carbonyl (C=O) groups is 3. The van der Waals surface area contributed by atoms with Gasteiger partial charge in [-0.25, -0.2) is 0 Å². The van der Waals surface area contributed by atoms with E-state index in [4.69, 9.17) is 14.2 Å². The molecule has 0 aliphatic heterocycles. The minimum absolute atomic E-state index is 0.0710. The highest BCUT2D eigenvalue weighted by atomic mass is 16.6. The molecule has 346 valence electrons. The molecule has 0 aromatic heterocycles. The summed E-state index contributed by atoms with van der Waals surface area (Å²) in [5.41, 5.74) is 0. The number of rotatable bonds is 47. The van der Waals surface area contributed by atoms with Gasteiger partial charge in [0.05, 0.1) is 0 Å². The topological polar surface area (TPSA) is 78.9 Å². The average molecular weight is 831 g/mol. The first-order valence-corrected chi connectivity index (χ1v) is 25.8. The third-order valence-electron chi connectivity index (χ3n) is 11.5. The van der Waals surface area contributed by atoms with Crippen molar-refractivity contribution in [2.45, 2.75) is 284 Å². The predicted molar refractivity (Wildman–Crippen MR) is 252 cm³/mol. The summed E-state index contributed by atoms with van der Waals surface area (Å²) in [6.07, 6.45) is 54.4. The molecule has 0 bridgehead atoms. The Balaban J connectivity index is 4.35. The molecule has 0 radical (unpaired) electrons. The third kappa shape index (κ3) is 46.8. The molecule has 0 amide bonds. The van der Waals surface area contributed by atoms with Crippen LogP contribution in [0.4, 0.5) is 0 Å². The van der Waals surface area contributed by atoms with Crippen molar-refractivity contribution >= 4 is 17.9 Å². The van der Waals surface area contributed by atoms with Gasteiger partial charge in [0.1, 0.15) is 13.2 Å². The van der Waals surface area contributed by atoms with Gasteiger partial charge in [0.2, 0.25) is 0 Å². The molecule has 0 aromatic rings. The first-order chi connectivity index (χ1) is 29.0. The number of esters is 3. The second-order valence-corrected chi connectivity index (χ2v) is 17.4. The molecule has 0 saturated carbocycles. The minimum atomic E-state index is -0.770. The molecule has 0 saturated heterocycles. The van der Waals surface area contributed by atoms with Crippen molar-refractivity contribution in [3.63, 3.8) is 0 Å². The number of hydrogen-bond donors (Lipinski definition) is 0. The quantitative estimate of drug-likeness (QED) is 0.0263. The van der Waals surface area contributed by atoms with E-state index in [1.54, 1.807) is 0 Å². The first kappa shape index (κ1) is 56.9. The summed E-state index contributed by atoms with van der Waals surface area (Å²) < 4.78 is 16.8. The molecule has 0 fully saturated rings. The van der Waals surface area contributed by atoms with Gasteiger partial charge in [-0.05, 0) is 51.4 Å². The maximum atomic E-state index is 12.8. The van der Waals surface area contributed by atoms with Crippen molar-refractivity contribution in [1.29, 1.82) is 0 Å². The first-order valence-electron chi connectivity index (χ1n) is 25.8. The SMILES string of the molecule is CCCCC/C=C\C/C=C\CCCCCCCC(=O)OC[C@H](COC(=O)CCCCCCCCCCCCC)OC(=O)CCCCCCCCCCCCCCCCC. The summed E-state index contributed by atoms with van der Waals surface area (Å²) in [5, 5.41) is 0. The monoisotopic (exact) mass is 831 g/mol. The van der Waals surface area contributed by atoms with Gasteiger partial charge >= 0.3 is 17.9 Å². The highest BCUT2D eigenvalue weighted by molar-refractivity contribution is 5.71. The summed E-state index contributed by atoms with van der Waals surface area (Å²) >= 11 is 0. The number of ether oxygens (including phenoxy) is 3. The molecule has 0 aliphatic rings. The van der Waals surface area contributed by atoms with E-state index in [9.17, 15) is 14.4 Å². The number of carbonyl (C=O) groups excluding carboxylic acids is 3. The van der Waals surface area contributed by atoms with Crippen LogP contribution in [0.2, 0.25) is 0 Å². The van der Waals surface area contributed by atoms with Gasteiger partial charge < -0.3 is 14.2 Å². The fourth-order valence-corrected chi connectivity index (χ4v) is 7.53. The summed E-state index contributed by atoms with van der Waals surface area (Å²) in [6.45, 7) is 6.62. The normalized spacial score (nSPS) is 12.1. The molecule has 0 aliphatic carbocycles. The molecule has 0 spiro atoms. The van der Waals surface area contributed by atoms with Gasteiger partial charge in [-0.1, -0.05) is 231 Å². The van der Waals surface area contributed by atoms with Gasteiger partial charge in [-0.2, -0.15) is 0 Å². The molecule has 6 heteroatoms. The Morgan fingerprint density at radius 2 is 0.610 bits per heavy atom. The van der Waals surface area contributed by atoms with Gasteiger partial charge in [0.15, 0.2) is 6.10 Å².